The molecule has 0 saturated heterocycles. The summed E-state index contributed by atoms with van der Waals surface area (Å²) in [6.07, 6.45) is 3.98. The van der Waals surface area contributed by atoms with Gasteiger partial charge in [0.15, 0.2) is 0 Å². The molecule has 7 nitrogen and oxygen atoms in total. The van der Waals surface area contributed by atoms with Crippen LogP contribution in [0.3, 0.4) is 0 Å². The molecule has 0 aliphatic heterocycles. The van der Waals surface area contributed by atoms with Crippen LogP contribution in [0.5, 0.6) is 11.5 Å². The number of amides is 2. The van der Waals surface area contributed by atoms with E-state index in [4.69, 9.17) is 4.74 Å². The van der Waals surface area contributed by atoms with E-state index < -0.39 is 0 Å². The zero-order valence-corrected chi connectivity index (χ0v) is 15.8. The highest BCUT2D eigenvalue weighted by Crippen LogP contribution is 2.26. The summed E-state index contributed by atoms with van der Waals surface area (Å²) >= 11 is 0. The standard InChI is InChI=1S/C21H22N4O3/c1-3-25(4-2)21(27)15-11-19(23-13-15)20-12-18(9-10-22-20)28-17-7-5-16(6-8-17)24-14-26/h5-14,23H,3-4H2,1-2H3,(H,24,26). The van der Waals surface area contributed by atoms with Crippen molar-refractivity contribution in [2.24, 2.45) is 0 Å². The third kappa shape index (κ3) is 4.37. The van der Waals surface area contributed by atoms with Crippen LogP contribution in [0.25, 0.3) is 11.4 Å². The molecule has 144 valence electrons. The molecule has 28 heavy (non-hydrogen) atoms. The summed E-state index contributed by atoms with van der Waals surface area (Å²) in [7, 11) is 0. The number of nitrogens with zero attached hydrogens (tertiary/aromatic N) is 2. The van der Waals surface area contributed by atoms with Crippen LogP contribution in [0.2, 0.25) is 0 Å². The van der Waals surface area contributed by atoms with Crippen molar-refractivity contribution in [2.75, 3.05) is 18.4 Å². The van der Waals surface area contributed by atoms with E-state index >= 15 is 0 Å². The largest absolute Gasteiger partial charge is 0.457 e. The molecule has 2 N–H and O–H groups in total. The van der Waals surface area contributed by atoms with E-state index in [2.05, 4.69) is 15.3 Å². The third-order valence-corrected chi connectivity index (χ3v) is 4.30. The number of aromatic nitrogens is 2. The maximum atomic E-state index is 12.5. The summed E-state index contributed by atoms with van der Waals surface area (Å²) in [6.45, 7) is 5.24. The van der Waals surface area contributed by atoms with Crippen molar-refractivity contribution in [3.05, 3.63) is 60.4 Å². The van der Waals surface area contributed by atoms with E-state index in [1.165, 1.54) is 0 Å². The SMILES string of the molecule is CCN(CC)C(=O)c1c[nH]c(-c2cc(Oc3ccc(NC=O)cc3)ccn2)c1. The van der Waals surface area contributed by atoms with E-state index in [1.54, 1.807) is 59.8 Å². The zero-order valence-electron chi connectivity index (χ0n) is 15.8. The van der Waals surface area contributed by atoms with Gasteiger partial charge in [0.05, 0.1) is 17.0 Å². The Morgan fingerprint density at radius 1 is 1.14 bits per heavy atom. The Labute approximate surface area is 163 Å². The molecule has 2 heterocycles. The second-order valence-electron chi connectivity index (χ2n) is 6.04. The molecule has 0 fully saturated rings. The molecule has 0 saturated carbocycles. The summed E-state index contributed by atoms with van der Waals surface area (Å²) in [5.74, 6) is 1.24. The molecule has 0 radical (unpaired) electrons. The highest BCUT2D eigenvalue weighted by atomic mass is 16.5. The van der Waals surface area contributed by atoms with E-state index in [0.29, 0.717) is 47.9 Å². The number of benzene rings is 1. The lowest BCUT2D eigenvalue weighted by molar-refractivity contribution is -0.105. The van der Waals surface area contributed by atoms with Crippen LogP contribution in [-0.4, -0.2) is 40.3 Å². The van der Waals surface area contributed by atoms with Gasteiger partial charge >= 0.3 is 0 Å². The van der Waals surface area contributed by atoms with Crippen molar-refractivity contribution >= 4 is 18.0 Å². The van der Waals surface area contributed by atoms with Gasteiger partial charge in [-0.05, 0) is 50.2 Å². The average Bonchev–Trinajstić information content (AvgIpc) is 3.21. The first-order chi connectivity index (χ1) is 13.6. The molecule has 0 spiro atoms. The number of hydrogen-bond donors (Lipinski definition) is 2. The van der Waals surface area contributed by atoms with Crippen LogP contribution < -0.4 is 10.1 Å². The summed E-state index contributed by atoms with van der Waals surface area (Å²) in [6, 6.07) is 12.4. The summed E-state index contributed by atoms with van der Waals surface area (Å²) in [5, 5.41) is 2.58. The number of nitrogens with one attached hydrogen (secondary N) is 2. The Morgan fingerprint density at radius 2 is 1.89 bits per heavy atom. The van der Waals surface area contributed by atoms with Crippen molar-refractivity contribution in [1.29, 1.82) is 0 Å². The van der Waals surface area contributed by atoms with Crippen LogP contribution in [0, 0.1) is 0 Å². The van der Waals surface area contributed by atoms with E-state index in [-0.39, 0.29) is 5.91 Å². The van der Waals surface area contributed by atoms with Crippen LogP contribution in [0.15, 0.2) is 54.9 Å². The second kappa shape index (κ2) is 8.85. The molecular weight excluding hydrogens is 356 g/mol. The number of ether oxygens (including phenoxy) is 1. The van der Waals surface area contributed by atoms with Crippen LogP contribution in [-0.2, 0) is 4.79 Å². The number of aromatic amines is 1. The summed E-state index contributed by atoms with van der Waals surface area (Å²) < 4.78 is 5.86. The molecule has 3 aromatic rings. The first-order valence-corrected chi connectivity index (χ1v) is 9.06. The summed E-state index contributed by atoms with van der Waals surface area (Å²) in [4.78, 5) is 32.2. The van der Waals surface area contributed by atoms with Gasteiger partial charge < -0.3 is 19.9 Å². The first-order valence-electron chi connectivity index (χ1n) is 9.06. The van der Waals surface area contributed by atoms with Gasteiger partial charge in [0.1, 0.15) is 11.5 Å². The molecule has 0 unspecified atom stereocenters. The number of rotatable bonds is 8. The summed E-state index contributed by atoms with van der Waals surface area (Å²) in [5.41, 5.74) is 2.71. The molecule has 1 aromatic carbocycles. The molecular formula is C21H22N4O3. The Bertz CT molecular complexity index is 946. The minimum atomic E-state index is -0.0103. The Kier molecular flexibility index (Phi) is 6.06. The fourth-order valence-electron chi connectivity index (χ4n) is 2.80. The maximum absolute atomic E-state index is 12.5. The molecule has 0 bridgehead atoms. The highest BCUT2D eigenvalue weighted by molar-refractivity contribution is 5.95. The van der Waals surface area contributed by atoms with E-state index in [1.807, 2.05) is 13.8 Å². The van der Waals surface area contributed by atoms with Crippen molar-refractivity contribution < 1.29 is 14.3 Å². The van der Waals surface area contributed by atoms with Gasteiger partial charge in [0, 0.05) is 37.2 Å². The smallest absolute Gasteiger partial charge is 0.255 e. The molecule has 0 atom stereocenters. The quantitative estimate of drug-likeness (QED) is 0.582. The van der Waals surface area contributed by atoms with Gasteiger partial charge in [-0.2, -0.15) is 0 Å². The normalized spacial score (nSPS) is 10.4. The molecule has 0 aliphatic rings. The minimum absolute atomic E-state index is 0.0103. The predicted octanol–water partition coefficient (Wildman–Crippen LogP) is 3.92. The molecule has 2 amide bonds. The number of H-pyrrole nitrogens is 1. The van der Waals surface area contributed by atoms with Gasteiger partial charge in [0.25, 0.3) is 5.91 Å². The lowest BCUT2D eigenvalue weighted by atomic mass is 10.2. The number of anilines is 1. The number of hydrogen-bond acceptors (Lipinski definition) is 4. The first kappa shape index (κ1) is 19.2. The highest BCUT2D eigenvalue weighted by Gasteiger charge is 2.15. The zero-order chi connectivity index (χ0) is 19.9. The van der Waals surface area contributed by atoms with Crippen LogP contribution in [0.1, 0.15) is 24.2 Å². The lowest BCUT2D eigenvalue weighted by Crippen LogP contribution is -2.30. The third-order valence-electron chi connectivity index (χ3n) is 4.30. The Balaban J connectivity index is 1.76. The van der Waals surface area contributed by atoms with Crippen molar-refractivity contribution in [1.82, 2.24) is 14.9 Å². The monoisotopic (exact) mass is 378 g/mol. The maximum Gasteiger partial charge on any atom is 0.255 e. The van der Waals surface area contributed by atoms with Crippen molar-refractivity contribution in [3.63, 3.8) is 0 Å². The van der Waals surface area contributed by atoms with Crippen LogP contribution >= 0.6 is 0 Å². The fourth-order valence-corrected chi connectivity index (χ4v) is 2.80. The lowest BCUT2D eigenvalue weighted by Gasteiger charge is -2.17. The molecule has 0 aliphatic carbocycles. The number of pyridine rings is 1. The van der Waals surface area contributed by atoms with Gasteiger partial charge in [-0.25, -0.2) is 0 Å². The Hall–Kier alpha value is -3.61. The predicted molar refractivity (Wildman–Crippen MR) is 107 cm³/mol. The molecule has 2 aromatic heterocycles. The topological polar surface area (TPSA) is 87.3 Å². The molecule has 7 heteroatoms. The van der Waals surface area contributed by atoms with Gasteiger partial charge in [-0.3, -0.25) is 14.6 Å². The number of carbonyl (C=O) groups is 2. The number of carbonyl (C=O) groups excluding carboxylic acids is 2. The van der Waals surface area contributed by atoms with Gasteiger partial charge in [0.2, 0.25) is 6.41 Å². The van der Waals surface area contributed by atoms with Gasteiger partial charge in [-0.15, -0.1) is 0 Å². The Morgan fingerprint density at radius 3 is 2.57 bits per heavy atom. The van der Waals surface area contributed by atoms with E-state index in [0.717, 1.165) is 5.69 Å². The van der Waals surface area contributed by atoms with Crippen molar-refractivity contribution in [3.8, 4) is 22.9 Å². The van der Waals surface area contributed by atoms with Crippen molar-refractivity contribution in [2.45, 2.75) is 13.8 Å². The van der Waals surface area contributed by atoms with E-state index in [9.17, 15) is 9.59 Å². The fraction of sp³-hybridized carbons (Fsp3) is 0.190. The van der Waals surface area contributed by atoms with Crippen LogP contribution in [0.4, 0.5) is 5.69 Å². The van der Waals surface area contributed by atoms with Gasteiger partial charge in [-0.1, -0.05) is 0 Å². The average molecular weight is 378 g/mol. The minimum Gasteiger partial charge on any atom is -0.457 e. The second-order valence-corrected chi connectivity index (χ2v) is 6.04. The molecule has 3 rings (SSSR count).